The Morgan fingerprint density at radius 1 is 0.870 bits per heavy atom. The second kappa shape index (κ2) is 14.4. The van der Waals surface area contributed by atoms with Crippen LogP contribution >= 0.6 is 0 Å². The molecule has 0 aliphatic carbocycles. The van der Waals surface area contributed by atoms with Crippen LogP contribution in [0.5, 0.6) is 0 Å². The van der Waals surface area contributed by atoms with Crippen LogP contribution in [0.4, 0.5) is 0 Å². The molecule has 6 heteroatoms. The number of ketones is 1. The Kier molecular flexibility index (Phi) is 11.6. The van der Waals surface area contributed by atoms with E-state index in [0.717, 1.165) is 40.3 Å². The Morgan fingerprint density at radius 3 is 2.11 bits per heavy atom. The quantitative estimate of drug-likeness (QED) is 0.0585. The molecule has 0 bridgehead atoms. The van der Waals surface area contributed by atoms with Crippen molar-refractivity contribution in [2.24, 2.45) is 10.8 Å². The fourth-order valence-corrected chi connectivity index (χ4v) is 6.83. The van der Waals surface area contributed by atoms with Gasteiger partial charge in [0.15, 0.2) is 5.78 Å². The Bertz CT molecular complexity index is 1960. The predicted octanol–water partition coefficient (Wildman–Crippen LogP) is 10.3. The summed E-state index contributed by atoms with van der Waals surface area (Å²) in [6.07, 6.45) is 4.86. The molecular weight excluding hydrogens is 761 g/mol. The SMILES string of the molecule is CCC(C)(C)C(=O)/C=C(\O)C(C)(C)CC.C[Si](C)(C)c1cccc2c1ccc1c(-c3[c-]c4ccccc4c(C#N)c3)nccc12.[Ir]. The van der Waals surface area contributed by atoms with E-state index >= 15 is 0 Å². The van der Waals surface area contributed by atoms with Crippen molar-refractivity contribution in [2.75, 3.05) is 0 Å². The molecule has 0 amide bonds. The number of hydrogen-bond acceptors (Lipinski definition) is 4. The van der Waals surface area contributed by atoms with Crippen molar-refractivity contribution in [1.82, 2.24) is 4.98 Å². The number of aromatic nitrogens is 1. The van der Waals surface area contributed by atoms with Gasteiger partial charge in [-0.1, -0.05) is 126 Å². The van der Waals surface area contributed by atoms with Gasteiger partial charge in [-0.3, -0.25) is 9.78 Å². The summed E-state index contributed by atoms with van der Waals surface area (Å²) in [5, 5.41) is 27.8. The van der Waals surface area contributed by atoms with Crippen molar-refractivity contribution in [2.45, 2.75) is 74.0 Å². The molecule has 0 unspecified atom stereocenters. The molecule has 1 aromatic heterocycles. The summed E-state index contributed by atoms with van der Waals surface area (Å²) in [6, 6.07) is 28.8. The van der Waals surface area contributed by atoms with Crippen molar-refractivity contribution in [3.63, 3.8) is 0 Å². The summed E-state index contributed by atoms with van der Waals surface area (Å²) in [7, 11) is -1.46. The zero-order chi connectivity index (χ0) is 33.2. The number of benzene rings is 4. The van der Waals surface area contributed by atoms with Crippen molar-refractivity contribution >= 4 is 51.4 Å². The molecule has 0 spiro atoms. The fourth-order valence-electron chi connectivity index (χ4n) is 5.21. The monoisotopic (exact) mass is 806 g/mol. The van der Waals surface area contributed by atoms with E-state index in [-0.39, 0.29) is 42.5 Å². The Morgan fingerprint density at radius 2 is 1.48 bits per heavy atom. The average Bonchev–Trinajstić information content (AvgIpc) is 3.03. The van der Waals surface area contributed by atoms with Crippen LogP contribution < -0.4 is 5.19 Å². The summed E-state index contributed by atoms with van der Waals surface area (Å²) >= 11 is 0. The van der Waals surface area contributed by atoms with E-state index in [4.69, 9.17) is 4.98 Å². The Labute approximate surface area is 288 Å². The number of aliphatic hydroxyl groups excluding tert-OH is 1. The molecule has 4 nitrogen and oxygen atoms in total. The fraction of sp³-hybridized carbons (Fsp3) is 0.325. The summed E-state index contributed by atoms with van der Waals surface area (Å²) in [5.41, 5.74) is 1.70. The first-order valence-corrected chi connectivity index (χ1v) is 19.3. The minimum absolute atomic E-state index is 0. The average molecular weight is 806 g/mol. The van der Waals surface area contributed by atoms with E-state index in [0.29, 0.717) is 5.56 Å². The van der Waals surface area contributed by atoms with Crippen LogP contribution in [-0.2, 0) is 24.9 Å². The van der Waals surface area contributed by atoms with Crippen molar-refractivity contribution in [3.05, 3.63) is 96.4 Å². The van der Waals surface area contributed by atoms with Crippen LogP contribution in [0.1, 0.15) is 59.9 Å². The molecule has 0 atom stereocenters. The first-order chi connectivity index (χ1) is 21.1. The van der Waals surface area contributed by atoms with E-state index in [1.165, 1.54) is 27.4 Å². The standard InChI is InChI=1S/C27H21N2Si.C13H24O2.Ir/c1-30(2,3)26-10-6-9-22-23-13-14-29-27(25(23)12-11-24(22)26)19-15-18-7-4-5-8-21(18)20(16-19)17-28;1-7-12(3,4)10(14)9-11(15)13(5,6)8-2;/h4-14,16H,1-3H3;9,14H,7-8H2,1-6H3;/q-1;;/b;10-9-;. The van der Waals surface area contributed by atoms with E-state index in [1.807, 2.05) is 78.1 Å². The number of pyridine rings is 1. The third kappa shape index (κ3) is 7.66. The molecule has 5 rings (SSSR count). The van der Waals surface area contributed by atoms with Gasteiger partial charge in [-0.2, -0.15) is 5.26 Å². The van der Waals surface area contributed by atoms with E-state index in [2.05, 4.69) is 68.2 Å². The van der Waals surface area contributed by atoms with Gasteiger partial charge in [-0.05, 0) is 46.0 Å². The first kappa shape index (κ1) is 36.8. The van der Waals surface area contributed by atoms with E-state index in [1.54, 1.807) is 0 Å². The van der Waals surface area contributed by atoms with Crippen LogP contribution in [0.3, 0.4) is 0 Å². The minimum Gasteiger partial charge on any atom is -0.512 e. The minimum atomic E-state index is -1.46. The van der Waals surface area contributed by atoms with Gasteiger partial charge in [0.2, 0.25) is 0 Å². The smallest absolute Gasteiger partial charge is 0.164 e. The van der Waals surface area contributed by atoms with Gasteiger partial charge >= 0.3 is 0 Å². The summed E-state index contributed by atoms with van der Waals surface area (Å²) in [6.45, 7) is 18.8. The van der Waals surface area contributed by atoms with Crippen LogP contribution in [-0.4, -0.2) is 23.9 Å². The Hall–Kier alpha value is -3.62. The largest absolute Gasteiger partial charge is 0.512 e. The maximum Gasteiger partial charge on any atom is 0.164 e. The van der Waals surface area contributed by atoms with Gasteiger partial charge in [-0.15, -0.1) is 23.6 Å². The molecule has 5 aromatic rings. The number of hydrogen-bond donors (Lipinski definition) is 1. The number of carbonyl (C=O) groups excluding carboxylic acids is 1. The maximum atomic E-state index is 11.8. The molecule has 46 heavy (non-hydrogen) atoms. The molecule has 1 heterocycles. The van der Waals surface area contributed by atoms with Gasteiger partial charge < -0.3 is 5.11 Å². The van der Waals surface area contributed by atoms with Gasteiger partial charge in [0.05, 0.1) is 14.1 Å². The molecule has 0 fully saturated rings. The van der Waals surface area contributed by atoms with E-state index in [9.17, 15) is 15.2 Å². The third-order valence-electron chi connectivity index (χ3n) is 9.16. The summed E-state index contributed by atoms with van der Waals surface area (Å²) in [4.78, 5) is 16.5. The predicted molar refractivity (Wildman–Crippen MR) is 193 cm³/mol. The summed E-state index contributed by atoms with van der Waals surface area (Å²) < 4.78 is 0. The zero-order valence-electron chi connectivity index (χ0n) is 28.5. The normalized spacial score (nSPS) is 12.3. The Balaban J connectivity index is 0.000000309. The van der Waals surface area contributed by atoms with Crippen LogP contribution in [0, 0.1) is 28.2 Å². The molecule has 0 saturated heterocycles. The second-order valence-corrected chi connectivity index (χ2v) is 19.1. The van der Waals surface area contributed by atoms with Gasteiger partial charge in [0, 0.05) is 48.9 Å². The molecule has 4 aromatic carbocycles. The number of aliphatic hydroxyl groups is 1. The molecule has 0 aliphatic heterocycles. The van der Waals surface area contributed by atoms with Crippen LogP contribution in [0.2, 0.25) is 19.6 Å². The number of carbonyl (C=O) groups is 1. The third-order valence-corrected chi connectivity index (χ3v) is 11.2. The maximum absolute atomic E-state index is 11.8. The topological polar surface area (TPSA) is 74.0 Å². The number of rotatable bonds is 7. The number of nitriles is 1. The summed E-state index contributed by atoms with van der Waals surface area (Å²) in [5.74, 6) is 0.195. The molecule has 1 radical (unpaired) electrons. The molecule has 1 N–H and O–H groups in total. The number of nitrogens with zero attached hydrogens (tertiary/aromatic N) is 2. The molecule has 0 aliphatic rings. The van der Waals surface area contributed by atoms with E-state index < -0.39 is 8.07 Å². The van der Waals surface area contributed by atoms with Crippen LogP contribution in [0.15, 0.2) is 84.8 Å². The molecule has 241 valence electrons. The van der Waals surface area contributed by atoms with Gasteiger partial charge in [-0.25, -0.2) is 0 Å². The van der Waals surface area contributed by atoms with Crippen LogP contribution in [0.25, 0.3) is 43.6 Å². The molecular formula is C40H45IrN2O2Si-. The first-order valence-electron chi connectivity index (χ1n) is 15.8. The van der Waals surface area contributed by atoms with Crippen molar-refractivity contribution in [3.8, 4) is 17.3 Å². The second-order valence-electron chi connectivity index (χ2n) is 14.1. The van der Waals surface area contributed by atoms with Gasteiger partial charge in [0.1, 0.15) is 5.76 Å². The number of fused-ring (bicyclic) bond motifs is 4. The van der Waals surface area contributed by atoms with Crippen molar-refractivity contribution < 1.29 is 30.0 Å². The zero-order valence-corrected chi connectivity index (χ0v) is 31.9. The molecule has 0 saturated carbocycles. The van der Waals surface area contributed by atoms with Gasteiger partial charge in [0.25, 0.3) is 0 Å². The number of allylic oxidation sites excluding steroid dienone is 2. The van der Waals surface area contributed by atoms with Crippen molar-refractivity contribution in [1.29, 1.82) is 5.26 Å².